The molecule has 2 rings (SSSR count). The number of nitrogens with zero attached hydrogens (tertiary/aromatic N) is 3. The van der Waals surface area contributed by atoms with Crippen molar-refractivity contribution in [3.05, 3.63) is 11.9 Å². The zero-order valence-electron chi connectivity index (χ0n) is 12.7. The van der Waals surface area contributed by atoms with Gasteiger partial charge in [0, 0.05) is 24.6 Å². The number of anilines is 2. The van der Waals surface area contributed by atoms with Crippen LogP contribution in [0.5, 0.6) is 0 Å². The van der Waals surface area contributed by atoms with E-state index in [-0.39, 0.29) is 11.5 Å². The first-order chi connectivity index (χ1) is 9.31. The standard InChI is InChI=1S/C14H25N5O/c1-9-5-6-19(8-10(9)20)12-7-11(18-15)16-13(17-12)14(2,3)4/h7,9-10,20H,5-6,8,15H2,1-4H3,(H,16,17,18). The Bertz CT molecular complexity index is 471. The van der Waals surface area contributed by atoms with Gasteiger partial charge in [-0.3, -0.25) is 0 Å². The van der Waals surface area contributed by atoms with Crippen molar-refractivity contribution >= 4 is 11.6 Å². The van der Waals surface area contributed by atoms with Crippen LogP contribution in [0.25, 0.3) is 0 Å². The summed E-state index contributed by atoms with van der Waals surface area (Å²) >= 11 is 0. The van der Waals surface area contributed by atoms with Crippen LogP contribution in [0.2, 0.25) is 0 Å². The number of hydrogen-bond donors (Lipinski definition) is 3. The van der Waals surface area contributed by atoms with Crippen LogP contribution in [-0.4, -0.2) is 34.3 Å². The lowest BCUT2D eigenvalue weighted by molar-refractivity contribution is 0.102. The maximum Gasteiger partial charge on any atom is 0.145 e. The molecular weight excluding hydrogens is 254 g/mol. The van der Waals surface area contributed by atoms with E-state index in [0.717, 1.165) is 24.6 Å². The number of aliphatic hydroxyl groups excluding tert-OH is 1. The number of aromatic nitrogens is 2. The average Bonchev–Trinajstić information content (AvgIpc) is 2.40. The van der Waals surface area contributed by atoms with E-state index in [1.165, 1.54) is 0 Å². The van der Waals surface area contributed by atoms with Gasteiger partial charge in [0.05, 0.1) is 6.10 Å². The predicted octanol–water partition coefficient (Wildman–Crippen LogP) is 1.27. The van der Waals surface area contributed by atoms with Gasteiger partial charge < -0.3 is 15.4 Å². The molecule has 1 aliphatic heterocycles. The number of hydrogen-bond acceptors (Lipinski definition) is 6. The normalized spacial score (nSPS) is 23.8. The fraction of sp³-hybridized carbons (Fsp3) is 0.714. The lowest BCUT2D eigenvalue weighted by atomic mass is 9.95. The van der Waals surface area contributed by atoms with E-state index in [1.807, 2.05) is 6.07 Å². The molecule has 0 amide bonds. The van der Waals surface area contributed by atoms with Gasteiger partial charge in [0.25, 0.3) is 0 Å². The Morgan fingerprint density at radius 3 is 2.65 bits per heavy atom. The minimum absolute atomic E-state index is 0.149. The Labute approximate surface area is 120 Å². The smallest absolute Gasteiger partial charge is 0.145 e. The van der Waals surface area contributed by atoms with Crippen molar-refractivity contribution in [1.82, 2.24) is 9.97 Å². The van der Waals surface area contributed by atoms with Crippen molar-refractivity contribution in [2.24, 2.45) is 11.8 Å². The molecule has 2 unspecified atom stereocenters. The van der Waals surface area contributed by atoms with Gasteiger partial charge in [-0.25, -0.2) is 15.8 Å². The lowest BCUT2D eigenvalue weighted by Crippen LogP contribution is -2.43. The number of rotatable bonds is 2. The minimum atomic E-state index is -0.314. The molecule has 0 aliphatic carbocycles. The van der Waals surface area contributed by atoms with E-state index in [9.17, 15) is 5.11 Å². The summed E-state index contributed by atoms with van der Waals surface area (Å²) < 4.78 is 0. The summed E-state index contributed by atoms with van der Waals surface area (Å²) in [4.78, 5) is 11.2. The molecule has 0 bridgehead atoms. The highest BCUT2D eigenvalue weighted by Gasteiger charge is 2.27. The van der Waals surface area contributed by atoms with E-state index >= 15 is 0 Å². The van der Waals surface area contributed by atoms with Gasteiger partial charge in [-0.2, -0.15) is 0 Å². The Balaban J connectivity index is 2.31. The monoisotopic (exact) mass is 279 g/mol. The minimum Gasteiger partial charge on any atom is -0.391 e. The molecule has 1 saturated heterocycles. The largest absolute Gasteiger partial charge is 0.391 e. The van der Waals surface area contributed by atoms with Crippen molar-refractivity contribution in [3.8, 4) is 0 Å². The van der Waals surface area contributed by atoms with Gasteiger partial charge in [0.15, 0.2) is 0 Å². The van der Waals surface area contributed by atoms with Gasteiger partial charge in [-0.15, -0.1) is 0 Å². The highest BCUT2D eigenvalue weighted by molar-refractivity contribution is 5.50. The molecule has 0 spiro atoms. The molecule has 4 N–H and O–H groups in total. The Morgan fingerprint density at radius 2 is 2.10 bits per heavy atom. The molecule has 0 aromatic carbocycles. The van der Waals surface area contributed by atoms with Crippen LogP contribution >= 0.6 is 0 Å². The van der Waals surface area contributed by atoms with Crippen molar-refractivity contribution in [1.29, 1.82) is 0 Å². The average molecular weight is 279 g/mol. The molecular formula is C14H25N5O. The predicted molar refractivity (Wildman–Crippen MR) is 80.5 cm³/mol. The molecule has 112 valence electrons. The fourth-order valence-corrected chi connectivity index (χ4v) is 2.26. The van der Waals surface area contributed by atoms with Crippen molar-refractivity contribution in [2.75, 3.05) is 23.4 Å². The molecule has 0 saturated carbocycles. The molecule has 2 atom stereocenters. The van der Waals surface area contributed by atoms with Crippen LogP contribution < -0.4 is 16.2 Å². The van der Waals surface area contributed by atoms with E-state index in [0.29, 0.717) is 18.3 Å². The van der Waals surface area contributed by atoms with Crippen molar-refractivity contribution in [3.63, 3.8) is 0 Å². The van der Waals surface area contributed by atoms with Crippen LogP contribution in [0.1, 0.15) is 39.9 Å². The molecule has 1 aliphatic rings. The first kappa shape index (κ1) is 15.0. The van der Waals surface area contributed by atoms with Gasteiger partial charge in [0.1, 0.15) is 17.5 Å². The van der Waals surface area contributed by atoms with Gasteiger partial charge in [-0.1, -0.05) is 27.7 Å². The van der Waals surface area contributed by atoms with Crippen molar-refractivity contribution in [2.45, 2.75) is 45.6 Å². The molecule has 1 aromatic heterocycles. The van der Waals surface area contributed by atoms with E-state index in [4.69, 9.17) is 5.84 Å². The Kier molecular flexibility index (Phi) is 4.15. The number of nitrogens with one attached hydrogen (secondary N) is 1. The Morgan fingerprint density at radius 1 is 1.40 bits per heavy atom. The second kappa shape index (κ2) is 5.54. The first-order valence-corrected chi connectivity index (χ1v) is 7.10. The van der Waals surface area contributed by atoms with E-state index < -0.39 is 0 Å². The van der Waals surface area contributed by atoms with Crippen molar-refractivity contribution < 1.29 is 5.11 Å². The molecule has 1 aromatic rings. The highest BCUT2D eigenvalue weighted by atomic mass is 16.3. The summed E-state index contributed by atoms with van der Waals surface area (Å²) in [5.74, 6) is 8.01. The van der Waals surface area contributed by atoms with E-state index in [2.05, 4.69) is 48.0 Å². The summed E-state index contributed by atoms with van der Waals surface area (Å²) in [6, 6.07) is 1.83. The number of nitrogen functional groups attached to an aromatic ring is 1. The number of aliphatic hydroxyl groups is 1. The second-order valence-corrected chi connectivity index (χ2v) is 6.61. The third-order valence-corrected chi connectivity index (χ3v) is 3.77. The summed E-state index contributed by atoms with van der Waals surface area (Å²) in [6.45, 7) is 9.78. The third kappa shape index (κ3) is 3.19. The topological polar surface area (TPSA) is 87.3 Å². The van der Waals surface area contributed by atoms with Gasteiger partial charge in [-0.05, 0) is 12.3 Å². The van der Waals surface area contributed by atoms with Gasteiger partial charge in [0.2, 0.25) is 0 Å². The zero-order valence-corrected chi connectivity index (χ0v) is 12.7. The van der Waals surface area contributed by atoms with Crippen LogP contribution in [0.3, 0.4) is 0 Å². The quantitative estimate of drug-likeness (QED) is 0.558. The number of piperidine rings is 1. The summed E-state index contributed by atoms with van der Waals surface area (Å²) in [7, 11) is 0. The molecule has 20 heavy (non-hydrogen) atoms. The van der Waals surface area contributed by atoms with Crippen LogP contribution in [0.4, 0.5) is 11.6 Å². The zero-order chi connectivity index (χ0) is 14.9. The maximum atomic E-state index is 10.0. The molecule has 2 heterocycles. The SMILES string of the molecule is CC1CCN(c2cc(NN)nc(C(C)(C)C)n2)CC1O. The lowest BCUT2D eigenvalue weighted by Gasteiger charge is -2.35. The molecule has 1 fully saturated rings. The number of hydrazine groups is 1. The maximum absolute atomic E-state index is 10.0. The highest BCUT2D eigenvalue weighted by Crippen LogP contribution is 2.26. The van der Waals surface area contributed by atoms with Crippen LogP contribution in [-0.2, 0) is 5.41 Å². The third-order valence-electron chi connectivity index (χ3n) is 3.77. The van der Waals surface area contributed by atoms with E-state index in [1.54, 1.807) is 0 Å². The summed E-state index contributed by atoms with van der Waals surface area (Å²) in [6.07, 6.45) is 0.646. The Hall–Kier alpha value is -1.40. The first-order valence-electron chi connectivity index (χ1n) is 7.10. The fourth-order valence-electron chi connectivity index (χ4n) is 2.26. The second-order valence-electron chi connectivity index (χ2n) is 6.61. The molecule has 6 heteroatoms. The molecule has 0 radical (unpaired) electrons. The summed E-state index contributed by atoms with van der Waals surface area (Å²) in [5, 5.41) is 10.0. The number of nitrogens with two attached hydrogens (primary N) is 1. The van der Waals surface area contributed by atoms with Crippen LogP contribution in [0.15, 0.2) is 6.07 Å². The van der Waals surface area contributed by atoms with Crippen LogP contribution in [0, 0.1) is 5.92 Å². The molecule has 6 nitrogen and oxygen atoms in total. The summed E-state index contributed by atoms with van der Waals surface area (Å²) in [5.41, 5.74) is 2.45. The number of β-amino-alcohol motifs (C(OH)–C–C–N with tert-alkyl or cyclic N) is 1. The van der Waals surface area contributed by atoms with Gasteiger partial charge >= 0.3 is 0 Å².